The molecule has 1 N–H and O–H groups in total. The molecule has 0 amide bonds. The minimum absolute atomic E-state index is 0.228. The molecule has 164 valence electrons. The van der Waals surface area contributed by atoms with Crippen molar-refractivity contribution in [2.75, 3.05) is 25.5 Å². The Balaban J connectivity index is 1.48. The molecule has 0 spiro atoms. The molecule has 0 saturated carbocycles. The maximum absolute atomic E-state index is 12.9. The summed E-state index contributed by atoms with van der Waals surface area (Å²) in [5.41, 5.74) is 3.72. The Hall–Kier alpha value is -3.95. The first kappa shape index (κ1) is 20.9. The quantitative estimate of drug-likeness (QED) is 0.484. The number of rotatable bonds is 4. The number of nitrogens with zero attached hydrogens (tertiary/aromatic N) is 4. The van der Waals surface area contributed by atoms with Crippen LogP contribution in [-0.2, 0) is 0 Å². The fourth-order valence-electron chi connectivity index (χ4n) is 4.42. The molecule has 2 aromatic carbocycles. The molecule has 1 fully saturated rings. The van der Waals surface area contributed by atoms with Crippen LogP contribution in [0.2, 0.25) is 0 Å². The molecule has 2 aromatic heterocycles. The molecule has 0 aliphatic carbocycles. The molecule has 33 heavy (non-hydrogen) atoms. The van der Waals surface area contributed by atoms with Crippen molar-refractivity contribution in [1.82, 2.24) is 19.4 Å². The Bertz CT molecular complexity index is 1380. The Morgan fingerprint density at radius 1 is 1.06 bits per heavy atom. The predicted molar refractivity (Wildman–Crippen MR) is 132 cm³/mol. The number of likely N-dealkylation sites (tertiary alicyclic amines) is 1. The van der Waals surface area contributed by atoms with Gasteiger partial charge in [-0.05, 0) is 68.7 Å². The molecule has 5 rings (SSSR count). The van der Waals surface area contributed by atoms with Gasteiger partial charge >= 0.3 is 0 Å². The topological polar surface area (TPSA) is 63.1 Å². The van der Waals surface area contributed by atoms with Crippen molar-refractivity contribution in [3.05, 3.63) is 88.3 Å². The van der Waals surface area contributed by atoms with Crippen molar-refractivity contribution in [2.45, 2.75) is 18.8 Å². The van der Waals surface area contributed by atoms with Gasteiger partial charge in [0.05, 0.1) is 11.1 Å². The van der Waals surface area contributed by atoms with Gasteiger partial charge in [0.1, 0.15) is 0 Å². The number of anilines is 2. The number of benzene rings is 2. The van der Waals surface area contributed by atoms with Crippen LogP contribution < -0.4 is 10.9 Å². The van der Waals surface area contributed by atoms with E-state index in [0.29, 0.717) is 28.5 Å². The van der Waals surface area contributed by atoms with Crippen molar-refractivity contribution in [3.8, 4) is 18.0 Å². The summed E-state index contributed by atoms with van der Waals surface area (Å²) >= 11 is 0. The van der Waals surface area contributed by atoms with Crippen LogP contribution in [0.1, 0.15) is 29.9 Å². The number of aromatic nitrogens is 3. The predicted octanol–water partition coefficient (Wildman–Crippen LogP) is 4.31. The standard InChI is InChI=1S/C27H25N5O/c1-3-19-17-25(33)32(23-7-5-4-6-8-23)26-24(19)18-28-27(30-26)29-22-11-9-20(10-12-22)21-13-15-31(2)16-14-21/h1,4-12,17-18,21H,13-16H2,2H3,(H,28,29,30). The number of para-hydroxylation sites is 1. The van der Waals surface area contributed by atoms with E-state index in [-0.39, 0.29) is 5.56 Å². The first-order chi connectivity index (χ1) is 16.1. The van der Waals surface area contributed by atoms with Crippen LogP contribution in [0.4, 0.5) is 11.6 Å². The number of hydrogen-bond acceptors (Lipinski definition) is 5. The molecule has 0 unspecified atom stereocenters. The van der Waals surface area contributed by atoms with Gasteiger partial charge in [-0.15, -0.1) is 6.42 Å². The third-order valence-corrected chi connectivity index (χ3v) is 6.29. The van der Waals surface area contributed by atoms with Gasteiger partial charge < -0.3 is 10.2 Å². The van der Waals surface area contributed by atoms with Crippen LogP contribution >= 0.6 is 0 Å². The van der Waals surface area contributed by atoms with Gasteiger partial charge in [0, 0.05) is 23.5 Å². The number of hydrogen-bond donors (Lipinski definition) is 1. The fourth-order valence-corrected chi connectivity index (χ4v) is 4.42. The zero-order valence-electron chi connectivity index (χ0n) is 18.5. The van der Waals surface area contributed by atoms with E-state index < -0.39 is 0 Å². The SMILES string of the molecule is C#Cc1cc(=O)n(-c2ccccc2)c2nc(Nc3ccc(C4CCN(C)CC4)cc3)ncc12. The lowest BCUT2D eigenvalue weighted by Gasteiger charge is -2.29. The van der Waals surface area contributed by atoms with Crippen molar-refractivity contribution < 1.29 is 0 Å². The molecule has 3 heterocycles. The molecule has 1 saturated heterocycles. The van der Waals surface area contributed by atoms with E-state index in [1.807, 2.05) is 30.3 Å². The van der Waals surface area contributed by atoms with Crippen LogP contribution in [0, 0.1) is 12.3 Å². The molecule has 6 nitrogen and oxygen atoms in total. The van der Waals surface area contributed by atoms with E-state index in [4.69, 9.17) is 6.42 Å². The molecule has 1 aliphatic rings. The van der Waals surface area contributed by atoms with E-state index in [0.717, 1.165) is 24.5 Å². The van der Waals surface area contributed by atoms with Crippen molar-refractivity contribution in [2.24, 2.45) is 0 Å². The van der Waals surface area contributed by atoms with Crippen LogP contribution in [-0.4, -0.2) is 39.6 Å². The van der Waals surface area contributed by atoms with Gasteiger partial charge in [-0.2, -0.15) is 4.98 Å². The molecule has 4 aromatic rings. The lowest BCUT2D eigenvalue weighted by atomic mass is 9.89. The molecule has 6 heteroatoms. The van der Waals surface area contributed by atoms with Crippen molar-refractivity contribution in [1.29, 1.82) is 0 Å². The first-order valence-corrected chi connectivity index (χ1v) is 11.1. The second kappa shape index (κ2) is 8.89. The normalized spacial score (nSPS) is 14.8. The third-order valence-electron chi connectivity index (χ3n) is 6.29. The summed E-state index contributed by atoms with van der Waals surface area (Å²) < 4.78 is 1.56. The maximum atomic E-state index is 12.9. The average Bonchev–Trinajstić information content (AvgIpc) is 2.85. The van der Waals surface area contributed by atoms with Crippen LogP contribution in [0.25, 0.3) is 16.7 Å². The van der Waals surface area contributed by atoms with E-state index in [1.54, 1.807) is 10.8 Å². The number of terminal acetylenes is 1. The van der Waals surface area contributed by atoms with E-state index >= 15 is 0 Å². The van der Waals surface area contributed by atoms with Crippen molar-refractivity contribution in [3.63, 3.8) is 0 Å². The Kier molecular flexibility index (Phi) is 5.64. The summed E-state index contributed by atoms with van der Waals surface area (Å²) in [7, 11) is 2.18. The molecular weight excluding hydrogens is 410 g/mol. The highest BCUT2D eigenvalue weighted by Gasteiger charge is 2.18. The highest BCUT2D eigenvalue weighted by Crippen LogP contribution is 2.29. The summed E-state index contributed by atoms with van der Waals surface area (Å²) in [6, 6.07) is 19.3. The Labute approximate surface area is 192 Å². The molecule has 1 aliphatic heterocycles. The summed E-state index contributed by atoms with van der Waals surface area (Å²) in [4.78, 5) is 24.4. The number of nitrogens with one attached hydrogen (secondary N) is 1. The number of piperidine rings is 1. The molecular formula is C27H25N5O. The minimum atomic E-state index is -0.228. The van der Waals surface area contributed by atoms with E-state index in [2.05, 4.69) is 57.4 Å². The Morgan fingerprint density at radius 3 is 2.48 bits per heavy atom. The molecule has 0 radical (unpaired) electrons. The van der Waals surface area contributed by atoms with Gasteiger partial charge in [0.25, 0.3) is 5.56 Å². The second-order valence-electron chi connectivity index (χ2n) is 8.47. The lowest BCUT2D eigenvalue weighted by molar-refractivity contribution is 0.255. The maximum Gasteiger partial charge on any atom is 0.258 e. The smallest absolute Gasteiger partial charge is 0.258 e. The Morgan fingerprint density at radius 2 is 1.79 bits per heavy atom. The highest BCUT2D eigenvalue weighted by molar-refractivity contribution is 5.83. The van der Waals surface area contributed by atoms with Crippen LogP contribution in [0.3, 0.4) is 0 Å². The van der Waals surface area contributed by atoms with Crippen LogP contribution in [0.5, 0.6) is 0 Å². The average molecular weight is 436 g/mol. The van der Waals surface area contributed by atoms with Crippen molar-refractivity contribution >= 4 is 22.7 Å². The minimum Gasteiger partial charge on any atom is -0.324 e. The summed E-state index contributed by atoms with van der Waals surface area (Å²) in [5, 5.41) is 3.93. The number of pyridine rings is 1. The lowest BCUT2D eigenvalue weighted by Crippen LogP contribution is -2.29. The summed E-state index contributed by atoms with van der Waals surface area (Å²) in [6.45, 7) is 2.27. The highest BCUT2D eigenvalue weighted by atomic mass is 16.1. The number of fused-ring (bicyclic) bond motifs is 1. The van der Waals surface area contributed by atoms with Gasteiger partial charge in [-0.3, -0.25) is 9.36 Å². The first-order valence-electron chi connectivity index (χ1n) is 11.1. The zero-order valence-corrected chi connectivity index (χ0v) is 18.5. The summed E-state index contributed by atoms with van der Waals surface area (Å²) in [6.07, 6.45) is 9.69. The fraction of sp³-hybridized carbons (Fsp3) is 0.222. The van der Waals surface area contributed by atoms with Gasteiger partial charge in [0.15, 0.2) is 5.65 Å². The zero-order chi connectivity index (χ0) is 22.8. The van der Waals surface area contributed by atoms with E-state index in [1.165, 1.54) is 24.5 Å². The third kappa shape index (κ3) is 4.23. The summed E-state index contributed by atoms with van der Waals surface area (Å²) in [5.74, 6) is 3.60. The largest absolute Gasteiger partial charge is 0.324 e. The van der Waals surface area contributed by atoms with Gasteiger partial charge in [0.2, 0.25) is 5.95 Å². The molecule has 0 atom stereocenters. The van der Waals surface area contributed by atoms with E-state index in [9.17, 15) is 4.79 Å². The monoisotopic (exact) mass is 435 g/mol. The van der Waals surface area contributed by atoms with Gasteiger partial charge in [-0.1, -0.05) is 36.3 Å². The van der Waals surface area contributed by atoms with Crippen LogP contribution in [0.15, 0.2) is 71.7 Å². The second-order valence-corrected chi connectivity index (χ2v) is 8.47. The molecule has 0 bridgehead atoms. The van der Waals surface area contributed by atoms with Gasteiger partial charge in [-0.25, -0.2) is 4.98 Å².